The Morgan fingerprint density at radius 3 is 2.15 bits per heavy atom. The number of hydrogen-bond donors (Lipinski definition) is 1. The Labute approximate surface area is 191 Å². The second kappa shape index (κ2) is 12.9. The monoisotopic (exact) mass is 473 g/mol. The molecule has 0 radical (unpaired) electrons. The molecule has 0 bridgehead atoms. The molecule has 1 aliphatic rings. The summed E-state index contributed by atoms with van der Waals surface area (Å²) in [6.45, 7) is 6.06. The van der Waals surface area contributed by atoms with Crippen LogP contribution in [0.3, 0.4) is 0 Å². The zero-order chi connectivity index (χ0) is 25.2. The fourth-order valence-corrected chi connectivity index (χ4v) is 3.10. The van der Waals surface area contributed by atoms with Gasteiger partial charge in [-0.05, 0) is 12.5 Å². The van der Waals surface area contributed by atoms with E-state index in [2.05, 4.69) is 5.32 Å². The van der Waals surface area contributed by atoms with E-state index in [1.807, 2.05) is 6.92 Å². The molecule has 0 aliphatic carbocycles. The van der Waals surface area contributed by atoms with Crippen LogP contribution in [0.25, 0.3) is 0 Å². The molecule has 1 heterocycles. The molecule has 0 saturated carbocycles. The van der Waals surface area contributed by atoms with Crippen LogP contribution < -0.4 is 5.32 Å². The van der Waals surface area contributed by atoms with Gasteiger partial charge in [-0.3, -0.25) is 19.2 Å². The lowest BCUT2D eigenvalue weighted by Gasteiger charge is -2.42. The van der Waals surface area contributed by atoms with Crippen molar-refractivity contribution in [1.82, 2.24) is 5.32 Å². The molecule has 1 N–H and O–H groups in total. The number of carbonyl (C=O) groups is 5. The minimum absolute atomic E-state index is 0.107. The van der Waals surface area contributed by atoms with Crippen LogP contribution in [0.2, 0.25) is 0 Å². The van der Waals surface area contributed by atoms with E-state index in [4.69, 9.17) is 28.4 Å². The van der Waals surface area contributed by atoms with Gasteiger partial charge < -0.3 is 33.7 Å². The second-order valence-corrected chi connectivity index (χ2v) is 7.20. The second-order valence-electron chi connectivity index (χ2n) is 7.20. The summed E-state index contributed by atoms with van der Waals surface area (Å²) in [5.41, 5.74) is 0. The highest BCUT2D eigenvalue weighted by Crippen LogP contribution is 2.31. The van der Waals surface area contributed by atoms with Gasteiger partial charge in [0.15, 0.2) is 12.2 Å². The summed E-state index contributed by atoms with van der Waals surface area (Å²) in [5, 5.41) is 2.61. The molecular weight excluding hydrogens is 442 g/mol. The number of carbonyl (C=O) groups excluding carboxylic acids is 5. The van der Waals surface area contributed by atoms with Gasteiger partial charge in [0.25, 0.3) is 5.79 Å². The topological polar surface area (TPSA) is 153 Å². The van der Waals surface area contributed by atoms with Gasteiger partial charge in [0.1, 0.15) is 12.7 Å². The first-order valence-corrected chi connectivity index (χ1v) is 10.3. The molecule has 12 nitrogen and oxygen atoms in total. The molecule has 186 valence electrons. The van der Waals surface area contributed by atoms with Crippen molar-refractivity contribution in [3.8, 4) is 0 Å². The predicted octanol–water partition coefficient (Wildman–Crippen LogP) is 0.169. The van der Waals surface area contributed by atoms with Gasteiger partial charge in [-0.25, -0.2) is 4.79 Å². The average molecular weight is 473 g/mol. The quantitative estimate of drug-likeness (QED) is 0.248. The van der Waals surface area contributed by atoms with Crippen LogP contribution in [0, 0.1) is 0 Å². The van der Waals surface area contributed by atoms with E-state index >= 15 is 0 Å². The lowest BCUT2D eigenvalue weighted by atomic mass is 9.95. The van der Waals surface area contributed by atoms with Gasteiger partial charge in [-0.15, -0.1) is 0 Å². The predicted molar refractivity (Wildman–Crippen MR) is 110 cm³/mol. The highest BCUT2D eigenvalue weighted by atomic mass is 16.7. The zero-order valence-electron chi connectivity index (χ0n) is 19.6. The summed E-state index contributed by atoms with van der Waals surface area (Å²) in [6.07, 6.45) is -0.811. The average Bonchev–Trinajstić information content (AvgIpc) is 2.73. The Balaban J connectivity index is 3.53. The van der Waals surface area contributed by atoms with Gasteiger partial charge >= 0.3 is 23.9 Å². The number of nitrogens with one attached hydrogen (secondary N) is 1. The molecule has 0 aromatic carbocycles. The minimum Gasteiger partial charge on any atom is -0.465 e. The Morgan fingerprint density at radius 1 is 1.03 bits per heavy atom. The molecule has 1 amide bonds. The molecule has 1 aliphatic heterocycles. The van der Waals surface area contributed by atoms with E-state index < -0.39 is 66.5 Å². The highest BCUT2D eigenvalue weighted by Gasteiger charge is 2.52. The van der Waals surface area contributed by atoms with Gasteiger partial charge in [-0.1, -0.05) is 13.0 Å². The van der Waals surface area contributed by atoms with Crippen LogP contribution >= 0.6 is 0 Å². The summed E-state index contributed by atoms with van der Waals surface area (Å²) < 4.78 is 32.0. The molecule has 5 atom stereocenters. The smallest absolute Gasteiger partial charge is 0.371 e. The van der Waals surface area contributed by atoms with Crippen LogP contribution in [0.5, 0.6) is 0 Å². The van der Waals surface area contributed by atoms with Crippen LogP contribution in [0.15, 0.2) is 12.2 Å². The number of methoxy groups -OCH3 is 1. The maximum Gasteiger partial charge on any atom is 0.371 e. The third-order valence-corrected chi connectivity index (χ3v) is 4.31. The van der Waals surface area contributed by atoms with E-state index in [1.54, 1.807) is 0 Å². The maximum absolute atomic E-state index is 12.6. The van der Waals surface area contributed by atoms with E-state index in [-0.39, 0.29) is 6.61 Å². The molecule has 0 aromatic heterocycles. The molecule has 0 saturated heterocycles. The molecule has 33 heavy (non-hydrogen) atoms. The molecule has 1 rings (SSSR count). The highest BCUT2D eigenvalue weighted by molar-refractivity contribution is 5.81. The van der Waals surface area contributed by atoms with Crippen molar-refractivity contribution >= 4 is 29.8 Å². The van der Waals surface area contributed by atoms with Crippen LogP contribution in [-0.2, 0) is 52.4 Å². The number of rotatable bonds is 11. The Kier molecular flexibility index (Phi) is 11.0. The van der Waals surface area contributed by atoms with Crippen LogP contribution in [0.4, 0.5) is 0 Å². The third kappa shape index (κ3) is 8.46. The van der Waals surface area contributed by atoms with Crippen molar-refractivity contribution in [2.45, 2.75) is 71.2 Å². The molecular formula is C21H31NO11. The summed E-state index contributed by atoms with van der Waals surface area (Å²) in [6, 6.07) is -0.940. The van der Waals surface area contributed by atoms with E-state index in [9.17, 15) is 24.0 Å². The van der Waals surface area contributed by atoms with Gasteiger partial charge in [-0.2, -0.15) is 0 Å². The maximum atomic E-state index is 12.6. The van der Waals surface area contributed by atoms with Crippen molar-refractivity contribution in [3.63, 3.8) is 0 Å². The summed E-state index contributed by atoms with van der Waals surface area (Å²) >= 11 is 0. The van der Waals surface area contributed by atoms with E-state index in [0.717, 1.165) is 27.9 Å². The van der Waals surface area contributed by atoms with Gasteiger partial charge in [0, 0.05) is 27.7 Å². The Hall–Kier alpha value is -2.99. The van der Waals surface area contributed by atoms with Crippen molar-refractivity contribution < 1.29 is 52.4 Å². The fraction of sp³-hybridized carbons (Fsp3) is 0.667. The number of esters is 4. The summed E-state index contributed by atoms with van der Waals surface area (Å²) in [7, 11) is 1.14. The molecule has 0 fully saturated rings. The standard InChI is InChI=1S/C21H31NO11/c1-7-10-30-21(20(27)28-6)9-8-16(22-12(2)23)18(33-21)19(32-15(5)26)17(31-14(4)25)11-29-13(3)24/h8-9,16-19H,7,10-11H2,1-6H3,(H,22,23)/t16-,17+,18?,19-,21+/m1/s1. The Bertz CT molecular complexity index is 765. The molecule has 12 heteroatoms. The van der Waals surface area contributed by atoms with Crippen LogP contribution in [0.1, 0.15) is 41.0 Å². The largest absolute Gasteiger partial charge is 0.465 e. The summed E-state index contributed by atoms with van der Waals surface area (Å²) in [4.78, 5) is 59.4. The zero-order valence-corrected chi connectivity index (χ0v) is 19.6. The molecule has 0 aromatic rings. The lowest BCUT2D eigenvalue weighted by molar-refractivity contribution is -0.266. The van der Waals surface area contributed by atoms with Gasteiger partial charge in [0.2, 0.25) is 5.91 Å². The van der Waals surface area contributed by atoms with Crippen LogP contribution in [-0.4, -0.2) is 80.2 Å². The van der Waals surface area contributed by atoms with Gasteiger partial charge in [0.05, 0.1) is 19.8 Å². The third-order valence-electron chi connectivity index (χ3n) is 4.31. The number of amides is 1. The van der Waals surface area contributed by atoms with Crippen molar-refractivity contribution in [3.05, 3.63) is 12.2 Å². The molecule has 1 unspecified atom stereocenters. The first kappa shape index (κ1) is 28.0. The summed E-state index contributed by atoms with van der Waals surface area (Å²) in [5.74, 6) is -5.59. The van der Waals surface area contributed by atoms with Crippen molar-refractivity contribution in [2.24, 2.45) is 0 Å². The number of hydrogen-bond acceptors (Lipinski definition) is 11. The lowest BCUT2D eigenvalue weighted by Crippen LogP contribution is -2.62. The SMILES string of the molecule is CCCO[C@@]1(C(=O)OC)C=C[C@@H](NC(C)=O)C([C@H](OC(C)=O)[C@H](COC(C)=O)OC(C)=O)O1. The first-order valence-electron chi connectivity index (χ1n) is 10.3. The Morgan fingerprint density at radius 2 is 1.67 bits per heavy atom. The van der Waals surface area contributed by atoms with E-state index in [1.165, 1.54) is 19.1 Å². The normalized spacial score (nSPS) is 23.6. The number of ether oxygens (including phenoxy) is 6. The minimum atomic E-state index is -2.02. The first-order chi connectivity index (χ1) is 15.5. The van der Waals surface area contributed by atoms with Crippen molar-refractivity contribution in [2.75, 3.05) is 20.3 Å². The van der Waals surface area contributed by atoms with E-state index in [0.29, 0.717) is 6.42 Å². The fourth-order valence-electron chi connectivity index (χ4n) is 3.10. The van der Waals surface area contributed by atoms with Crippen molar-refractivity contribution in [1.29, 1.82) is 0 Å². The molecule has 0 spiro atoms.